The molecule has 2 rings (SSSR count). The zero-order valence-electron chi connectivity index (χ0n) is 26.1. The summed E-state index contributed by atoms with van der Waals surface area (Å²) in [6.07, 6.45) is 13.8. The fraction of sp³-hybridized carbons (Fsp3) is 0.839. The van der Waals surface area contributed by atoms with Crippen molar-refractivity contribution in [2.75, 3.05) is 26.2 Å². The van der Waals surface area contributed by atoms with E-state index in [9.17, 15) is 19.5 Å². The molecular formula is C31H57N3O4S. The summed E-state index contributed by atoms with van der Waals surface area (Å²) in [7, 11) is 0. The number of quaternary nitrogens is 1. The van der Waals surface area contributed by atoms with Crippen molar-refractivity contribution in [3.05, 3.63) is 11.8 Å². The van der Waals surface area contributed by atoms with Crippen molar-refractivity contribution in [2.45, 2.75) is 142 Å². The number of carboxylic acid groups (broad SMARTS) is 1. The molecule has 0 saturated carbocycles. The molecular weight excluding hydrogens is 510 g/mol. The molecule has 2 aliphatic heterocycles. The van der Waals surface area contributed by atoms with Gasteiger partial charge in [-0.05, 0) is 59.0 Å². The Morgan fingerprint density at radius 3 is 1.77 bits per heavy atom. The van der Waals surface area contributed by atoms with E-state index in [4.69, 9.17) is 0 Å². The topological polar surface area (TPSA) is 89.5 Å². The highest BCUT2D eigenvalue weighted by Gasteiger charge is 2.61. The fourth-order valence-electron chi connectivity index (χ4n) is 5.62. The monoisotopic (exact) mass is 567 g/mol. The number of rotatable bonds is 18. The second-order valence-corrected chi connectivity index (χ2v) is 13.7. The maximum absolute atomic E-state index is 12.2. The number of carboxylic acids is 1. The van der Waals surface area contributed by atoms with Gasteiger partial charge in [-0.1, -0.05) is 60.3 Å². The quantitative estimate of drug-likeness (QED) is 0.142. The highest BCUT2D eigenvalue weighted by atomic mass is 32.2. The van der Waals surface area contributed by atoms with Gasteiger partial charge in [0.15, 0.2) is 5.78 Å². The van der Waals surface area contributed by atoms with Gasteiger partial charge in [0.2, 0.25) is 5.91 Å². The standard InChI is InChI=1S/C16H36N.C15H22N2O4S/c1-5-9-13-17(14-10-6-2,15-11-7-3)16-12-8-4;1-5-6-9(18)7-8(2)16-10-12(19)17-11(14(20)21)15(3,4)22-13(10)17/h5-16H2,1-4H3;7,10-11,13,16H,5-6H2,1-4H3,(H,20,21)/q+1;/p-1/t;10-,11+,13-/m.1/s1. The normalized spacial score (nSPS) is 22.1. The number of carbonyl (C=O) groups is 3. The zero-order valence-corrected chi connectivity index (χ0v) is 27.0. The third-order valence-corrected chi connectivity index (χ3v) is 9.44. The summed E-state index contributed by atoms with van der Waals surface area (Å²) in [5, 5.41) is 14.1. The van der Waals surface area contributed by atoms with Gasteiger partial charge in [0.1, 0.15) is 11.4 Å². The lowest BCUT2D eigenvalue weighted by Crippen LogP contribution is -2.70. The highest BCUT2D eigenvalue weighted by molar-refractivity contribution is 8.01. The molecule has 7 nitrogen and oxygen atoms in total. The number of amides is 1. The lowest BCUT2D eigenvalue weighted by molar-refractivity contribution is -0.929. The van der Waals surface area contributed by atoms with Crippen molar-refractivity contribution in [1.82, 2.24) is 10.2 Å². The van der Waals surface area contributed by atoms with Crippen LogP contribution in [0.1, 0.15) is 120 Å². The number of fused-ring (bicyclic) bond motifs is 1. The van der Waals surface area contributed by atoms with E-state index in [-0.39, 0.29) is 17.1 Å². The van der Waals surface area contributed by atoms with Gasteiger partial charge in [-0.25, -0.2) is 0 Å². The molecule has 0 aliphatic carbocycles. The Morgan fingerprint density at radius 1 is 0.923 bits per heavy atom. The van der Waals surface area contributed by atoms with Gasteiger partial charge in [0, 0.05) is 16.9 Å². The number of allylic oxidation sites excluding steroid dienone is 2. The largest absolute Gasteiger partial charge is 0.548 e. The molecule has 39 heavy (non-hydrogen) atoms. The van der Waals surface area contributed by atoms with E-state index >= 15 is 0 Å². The smallest absolute Gasteiger partial charge is 0.249 e. The zero-order chi connectivity index (χ0) is 29.6. The summed E-state index contributed by atoms with van der Waals surface area (Å²) in [6, 6.07) is -1.40. The van der Waals surface area contributed by atoms with E-state index in [0.717, 1.165) is 6.42 Å². The molecule has 226 valence electrons. The molecule has 0 bridgehead atoms. The summed E-state index contributed by atoms with van der Waals surface area (Å²) < 4.78 is 0.828. The molecule has 1 N–H and O–H groups in total. The summed E-state index contributed by atoms with van der Waals surface area (Å²) in [5.74, 6) is -1.46. The SMILES string of the molecule is CCCC(=O)C=C(C)N[C@@H]1C(=O)N2[C@@H]1SC(C)(C)[C@@H]2C(=O)[O-].CCCC[N+](CCCC)(CCCC)CCCC. The third kappa shape index (κ3) is 10.4. The first-order valence-electron chi connectivity index (χ1n) is 15.5. The van der Waals surface area contributed by atoms with Crippen molar-refractivity contribution < 1.29 is 24.0 Å². The predicted molar refractivity (Wildman–Crippen MR) is 161 cm³/mol. The maximum atomic E-state index is 12.2. The van der Waals surface area contributed by atoms with Crippen LogP contribution in [0.4, 0.5) is 0 Å². The first-order chi connectivity index (χ1) is 18.4. The summed E-state index contributed by atoms with van der Waals surface area (Å²) >= 11 is 1.45. The lowest BCUT2D eigenvalue weighted by atomic mass is 9.96. The molecule has 1 amide bonds. The van der Waals surface area contributed by atoms with Crippen LogP contribution in [0.2, 0.25) is 0 Å². The van der Waals surface area contributed by atoms with Crippen molar-refractivity contribution in [1.29, 1.82) is 0 Å². The van der Waals surface area contributed by atoms with Gasteiger partial charge in [0.05, 0.1) is 38.2 Å². The molecule has 0 aromatic carbocycles. The molecule has 8 heteroatoms. The second-order valence-electron chi connectivity index (χ2n) is 11.9. The average molecular weight is 568 g/mol. The molecule has 0 unspecified atom stereocenters. The molecule has 2 heterocycles. The maximum Gasteiger partial charge on any atom is 0.249 e. The number of thioether (sulfide) groups is 1. The van der Waals surface area contributed by atoms with Gasteiger partial charge < -0.3 is 24.6 Å². The summed E-state index contributed by atoms with van der Waals surface area (Å²) in [5.41, 5.74) is 0.631. The predicted octanol–water partition coefficient (Wildman–Crippen LogP) is 5.03. The van der Waals surface area contributed by atoms with E-state index in [1.807, 2.05) is 6.92 Å². The molecule has 0 aromatic rings. The Hall–Kier alpha value is -1.54. The van der Waals surface area contributed by atoms with E-state index in [1.165, 1.54) is 105 Å². The van der Waals surface area contributed by atoms with Gasteiger partial charge in [-0.2, -0.15) is 0 Å². The molecule has 2 fully saturated rings. The first-order valence-corrected chi connectivity index (χ1v) is 16.3. The molecule has 3 atom stereocenters. The van der Waals surface area contributed by atoms with E-state index in [1.54, 1.807) is 20.8 Å². The Balaban J connectivity index is 0.000000406. The Bertz CT molecular complexity index is 776. The van der Waals surface area contributed by atoms with Crippen LogP contribution < -0.4 is 10.4 Å². The van der Waals surface area contributed by atoms with Crippen molar-refractivity contribution in [3.8, 4) is 0 Å². The minimum atomic E-state index is -1.22. The molecule has 0 aromatic heterocycles. The number of hydrogen-bond donors (Lipinski definition) is 1. The number of β-lactam (4-membered cyclic amide) rings is 1. The third-order valence-electron chi connectivity index (χ3n) is 7.87. The van der Waals surface area contributed by atoms with E-state index in [2.05, 4.69) is 33.0 Å². The van der Waals surface area contributed by atoms with Crippen LogP contribution >= 0.6 is 11.8 Å². The van der Waals surface area contributed by atoms with Crippen LogP contribution in [0.15, 0.2) is 11.8 Å². The summed E-state index contributed by atoms with van der Waals surface area (Å²) in [4.78, 5) is 36.5. The van der Waals surface area contributed by atoms with Crippen LogP contribution in [0, 0.1) is 0 Å². The minimum Gasteiger partial charge on any atom is -0.548 e. The second kappa shape index (κ2) is 17.3. The van der Waals surface area contributed by atoms with Crippen molar-refractivity contribution in [3.63, 3.8) is 0 Å². The van der Waals surface area contributed by atoms with Crippen LogP contribution in [-0.2, 0) is 14.4 Å². The number of nitrogens with one attached hydrogen (secondary N) is 1. The van der Waals surface area contributed by atoms with Crippen LogP contribution in [0.3, 0.4) is 0 Å². The average Bonchev–Trinajstić information content (AvgIpc) is 3.14. The van der Waals surface area contributed by atoms with Gasteiger partial charge in [-0.3, -0.25) is 9.59 Å². The Labute approximate surface area is 243 Å². The molecule has 0 radical (unpaired) electrons. The van der Waals surface area contributed by atoms with Gasteiger partial charge >= 0.3 is 0 Å². The van der Waals surface area contributed by atoms with E-state index < -0.39 is 22.8 Å². The number of ketones is 1. The highest BCUT2D eigenvalue weighted by Crippen LogP contribution is 2.50. The van der Waals surface area contributed by atoms with Crippen LogP contribution in [0.25, 0.3) is 0 Å². The summed E-state index contributed by atoms with van der Waals surface area (Å²) in [6.45, 7) is 22.3. The van der Waals surface area contributed by atoms with Crippen molar-refractivity contribution in [2.24, 2.45) is 0 Å². The Kier molecular flexibility index (Phi) is 15.8. The number of carbonyl (C=O) groups excluding carboxylic acids is 3. The molecule has 2 saturated heterocycles. The Morgan fingerprint density at radius 2 is 1.38 bits per heavy atom. The number of unbranched alkanes of at least 4 members (excludes halogenated alkanes) is 4. The minimum absolute atomic E-state index is 0.0168. The number of aliphatic carboxylic acids is 1. The first kappa shape index (κ1) is 35.5. The number of hydrogen-bond acceptors (Lipinski definition) is 6. The van der Waals surface area contributed by atoms with E-state index in [0.29, 0.717) is 12.1 Å². The number of nitrogens with zero attached hydrogens (tertiary/aromatic N) is 2. The molecule has 0 spiro atoms. The molecule has 2 aliphatic rings. The van der Waals surface area contributed by atoms with Crippen LogP contribution in [0.5, 0.6) is 0 Å². The van der Waals surface area contributed by atoms with Crippen molar-refractivity contribution >= 4 is 29.4 Å². The van der Waals surface area contributed by atoms with Gasteiger partial charge in [0.25, 0.3) is 0 Å². The fourth-order valence-corrected chi connectivity index (χ4v) is 7.24. The lowest BCUT2D eigenvalue weighted by Gasteiger charge is -2.45. The van der Waals surface area contributed by atoms with Gasteiger partial charge in [-0.15, -0.1) is 11.8 Å². The van der Waals surface area contributed by atoms with Crippen LogP contribution in [-0.4, -0.2) is 75.4 Å².